The van der Waals surface area contributed by atoms with Gasteiger partial charge in [-0.25, -0.2) is 9.59 Å². The number of aliphatic hydroxyl groups is 1. The van der Waals surface area contributed by atoms with Crippen LogP contribution in [0.3, 0.4) is 0 Å². The fraction of sp³-hybridized carbons (Fsp3) is 0.714. The van der Waals surface area contributed by atoms with Crippen LogP contribution >= 0.6 is 0 Å². The third kappa shape index (κ3) is 8.29. The SMILES string of the molecule is CCCCCCCCOC(=O)C[N@+]1(C)CC[C@@H](OC(=O)[C@](O)(c2ccccc2)C2CCCC2)C1.[Br-]. The molecule has 1 heterocycles. The van der Waals surface area contributed by atoms with Crippen LogP contribution in [0.5, 0.6) is 0 Å². The maximum atomic E-state index is 13.3. The largest absolute Gasteiger partial charge is 1.00 e. The molecule has 1 aromatic carbocycles. The molecule has 2 aliphatic rings. The second-order valence-corrected chi connectivity index (χ2v) is 10.6. The second-order valence-electron chi connectivity index (χ2n) is 10.6. The van der Waals surface area contributed by atoms with Crippen molar-refractivity contribution in [3.8, 4) is 0 Å². The van der Waals surface area contributed by atoms with Crippen molar-refractivity contribution in [2.24, 2.45) is 5.92 Å². The van der Waals surface area contributed by atoms with E-state index in [0.29, 0.717) is 29.6 Å². The molecule has 0 aromatic heterocycles. The van der Waals surface area contributed by atoms with E-state index in [1.54, 1.807) is 0 Å². The number of halogens is 1. The van der Waals surface area contributed by atoms with E-state index in [9.17, 15) is 14.7 Å². The zero-order chi connectivity index (χ0) is 24.4. The van der Waals surface area contributed by atoms with E-state index < -0.39 is 11.6 Å². The molecule has 0 bridgehead atoms. The maximum Gasteiger partial charge on any atom is 0.361 e. The molecule has 7 heteroatoms. The summed E-state index contributed by atoms with van der Waals surface area (Å²) in [5, 5.41) is 11.6. The molecule has 1 saturated heterocycles. The van der Waals surface area contributed by atoms with Gasteiger partial charge in [0, 0.05) is 12.3 Å². The van der Waals surface area contributed by atoms with E-state index in [-0.39, 0.29) is 41.5 Å². The summed E-state index contributed by atoms with van der Waals surface area (Å²) < 4.78 is 11.9. The second kappa shape index (κ2) is 14.3. The van der Waals surface area contributed by atoms with Crippen LogP contribution < -0.4 is 17.0 Å². The van der Waals surface area contributed by atoms with Crippen molar-refractivity contribution < 1.29 is 45.6 Å². The fourth-order valence-corrected chi connectivity index (χ4v) is 5.59. The van der Waals surface area contributed by atoms with Crippen LogP contribution in [0.15, 0.2) is 30.3 Å². The topological polar surface area (TPSA) is 72.8 Å². The fourth-order valence-electron chi connectivity index (χ4n) is 5.59. The normalized spacial score (nSPS) is 23.9. The number of benzene rings is 1. The first-order valence-corrected chi connectivity index (χ1v) is 13.4. The van der Waals surface area contributed by atoms with Gasteiger partial charge in [0.25, 0.3) is 0 Å². The number of carbonyl (C=O) groups is 2. The summed E-state index contributed by atoms with van der Waals surface area (Å²) in [4.78, 5) is 25.7. The summed E-state index contributed by atoms with van der Waals surface area (Å²) in [6, 6.07) is 9.21. The Morgan fingerprint density at radius 2 is 1.69 bits per heavy atom. The smallest absolute Gasteiger partial charge is 0.361 e. The van der Waals surface area contributed by atoms with Gasteiger partial charge in [-0.3, -0.25) is 0 Å². The highest BCUT2D eigenvalue weighted by molar-refractivity contribution is 5.81. The van der Waals surface area contributed by atoms with Gasteiger partial charge in [-0.15, -0.1) is 0 Å². The van der Waals surface area contributed by atoms with E-state index in [1.165, 1.54) is 25.7 Å². The van der Waals surface area contributed by atoms with E-state index in [1.807, 2.05) is 37.4 Å². The monoisotopic (exact) mass is 553 g/mol. The highest BCUT2D eigenvalue weighted by Gasteiger charge is 2.50. The molecule has 0 radical (unpaired) electrons. The highest BCUT2D eigenvalue weighted by atomic mass is 79.9. The average molecular weight is 555 g/mol. The molecule has 6 nitrogen and oxygen atoms in total. The summed E-state index contributed by atoms with van der Waals surface area (Å²) in [6.45, 7) is 4.28. The zero-order valence-electron chi connectivity index (χ0n) is 21.6. The van der Waals surface area contributed by atoms with Crippen LogP contribution in [0.25, 0.3) is 0 Å². The quantitative estimate of drug-likeness (QED) is 0.229. The number of hydrogen-bond acceptors (Lipinski definition) is 5. The molecular weight excluding hydrogens is 510 g/mol. The Labute approximate surface area is 221 Å². The third-order valence-corrected chi connectivity index (χ3v) is 7.65. The van der Waals surface area contributed by atoms with Crippen molar-refractivity contribution in [2.75, 3.05) is 33.3 Å². The van der Waals surface area contributed by atoms with Gasteiger partial charge in [0.15, 0.2) is 18.2 Å². The van der Waals surface area contributed by atoms with Crippen LogP contribution in [0.1, 0.15) is 83.1 Å². The van der Waals surface area contributed by atoms with Crippen LogP contribution in [-0.2, 0) is 24.7 Å². The number of likely N-dealkylation sites (tertiary alicyclic amines) is 1. The lowest BCUT2D eigenvalue weighted by atomic mass is 9.80. The van der Waals surface area contributed by atoms with Crippen molar-refractivity contribution in [2.45, 2.75) is 89.3 Å². The molecule has 0 unspecified atom stereocenters. The first-order valence-electron chi connectivity index (χ1n) is 13.4. The number of nitrogens with zero attached hydrogens (tertiary/aromatic N) is 1. The van der Waals surface area contributed by atoms with Gasteiger partial charge in [0.2, 0.25) is 0 Å². The Morgan fingerprint density at radius 3 is 2.37 bits per heavy atom. The third-order valence-electron chi connectivity index (χ3n) is 7.65. The molecule has 0 spiro atoms. The molecule has 2 fully saturated rings. The molecule has 1 aliphatic carbocycles. The Morgan fingerprint density at radius 1 is 1.03 bits per heavy atom. The standard InChI is InChI=1S/C28H44NO5.BrH/c1-3-4-5-6-7-13-20-33-26(30)22-29(2)19-18-25(21-29)34-27(31)28(32,24-16-11-12-17-24)23-14-9-8-10-15-23;/h8-10,14-15,24-25,32H,3-7,11-13,16-22H2,1-2H3;1H/q+1;/p-1/t25-,28+,29-;/m1./s1. The number of likely N-dealkylation sites (N-methyl/N-ethyl adjacent to an activating group) is 1. The van der Waals surface area contributed by atoms with Gasteiger partial charge in [-0.05, 0) is 24.8 Å². The van der Waals surface area contributed by atoms with Crippen molar-refractivity contribution in [3.05, 3.63) is 35.9 Å². The summed E-state index contributed by atoms with van der Waals surface area (Å²) in [7, 11) is 2.01. The lowest BCUT2D eigenvalue weighted by Gasteiger charge is -2.33. The minimum Gasteiger partial charge on any atom is -1.00 e. The van der Waals surface area contributed by atoms with Crippen molar-refractivity contribution >= 4 is 11.9 Å². The minimum absolute atomic E-state index is 0. The van der Waals surface area contributed by atoms with E-state index in [0.717, 1.165) is 45.1 Å². The molecule has 1 aliphatic heterocycles. The molecule has 1 saturated carbocycles. The van der Waals surface area contributed by atoms with E-state index >= 15 is 0 Å². The number of unbranched alkanes of at least 4 members (excludes halogenated alkanes) is 5. The lowest BCUT2D eigenvalue weighted by Crippen LogP contribution is -3.00. The summed E-state index contributed by atoms with van der Waals surface area (Å²) >= 11 is 0. The van der Waals surface area contributed by atoms with Crippen LogP contribution in [0, 0.1) is 5.92 Å². The predicted octanol–water partition coefficient (Wildman–Crippen LogP) is 1.73. The highest BCUT2D eigenvalue weighted by Crippen LogP contribution is 2.42. The molecule has 1 aromatic rings. The number of ether oxygens (including phenoxy) is 2. The van der Waals surface area contributed by atoms with Crippen LogP contribution in [-0.4, -0.2) is 60.9 Å². The molecule has 0 amide bonds. The van der Waals surface area contributed by atoms with Gasteiger partial charge in [-0.1, -0.05) is 82.2 Å². The maximum absolute atomic E-state index is 13.3. The predicted molar refractivity (Wildman–Crippen MR) is 132 cm³/mol. The Kier molecular flexibility index (Phi) is 12.2. The van der Waals surface area contributed by atoms with Gasteiger partial charge in [0.05, 0.1) is 20.2 Å². The van der Waals surface area contributed by atoms with Gasteiger partial charge >= 0.3 is 11.9 Å². The lowest BCUT2D eigenvalue weighted by molar-refractivity contribution is -0.891. The van der Waals surface area contributed by atoms with Gasteiger partial charge < -0.3 is 36.0 Å². The average Bonchev–Trinajstić information content (AvgIpc) is 3.49. The van der Waals surface area contributed by atoms with Crippen LogP contribution in [0.4, 0.5) is 0 Å². The number of rotatable bonds is 13. The molecule has 198 valence electrons. The Bertz CT molecular complexity index is 785. The number of esters is 2. The first-order chi connectivity index (χ1) is 16.4. The number of carbonyl (C=O) groups excluding carboxylic acids is 2. The van der Waals surface area contributed by atoms with Crippen molar-refractivity contribution in [1.82, 2.24) is 0 Å². The summed E-state index contributed by atoms with van der Waals surface area (Å²) in [5.41, 5.74) is -1.000. The minimum atomic E-state index is -1.61. The van der Waals surface area contributed by atoms with Crippen molar-refractivity contribution in [1.29, 1.82) is 0 Å². The van der Waals surface area contributed by atoms with Crippen LogP contribution in [0.2, 0.25) is 0 Å². The first kappa shape index (κ1) is 29.8. The van der Waals surface area contributed by atoms with E-state index in [4.69, 9.17) is 9.47 Å². The molecule has 1 N–H and O–H groups in total. The molecule has 3 rings (SSSR count). The Hall–Kier alpha value is -1.44. The number of quaternary nitrogens is 1. The van der Waals surface area contributed by atoms with Crippen molar-refractivity contribution in [3.63, 3.8) is 0 Å². The summed E-state index contributed by atoms with van der Waals surface area (Å²) in [5.74, 6) is -0.855. The van der Waals surface area contributed by atoms with Gasteiger partial charge in [0.1, 0.15) is 6.54 Å². The van der Waals surface area contributed by atoms with Gasteiger partial charge in [-0.2, -0.15) is 0 Å². The summed E-state index contributed by atoms with van der Waals surface area (Å²) in [6.07, 6.45) is 11.0. The molecular formula is C28H44BrNO5. The van der Waals surface area contributed by atoms with E-state index in [2.05, 4.69) is 6.92 Å². The Balaban J connectivity index is 0.00000432. The number of hydrogen-bond donors (Lipinski definition) is 1. The molecule has 3 atom stereocenters. The zero-order valence-corrected chi connectivity index (χ0v) is 23.1. The molecule has 35 heavy (non-hydrogen) atoms.